The Kier molecular flexibility index (Phi) is 50.2. The quantitative estimate of drug-likeness (QED) is 0.0283. The van der Waals surface area contributed by atoms with E-state index < -0.39 is 153 Å². The Hall–Kier alpha value is -6.92. The highest BCUT2D eigenvalue weighted by Crippen LogP contribution is 2.33. The normalized spacial score (nSPS) is 27.4. The van der Waals surface area contributed by atoms with Crippen molar-refractivity contribution in [3.05, 3.63) is 11.9 Å². The lowest BCUT2D eigenvalue weighted by atomic mass is 9.79. The minimum absolute atomic E-state index is 0.0358. The number of hydrogen-bond donors (Lipinski definition) is 19. The molecule has 0 aromatic carbocycles. The molecule has 1 aromatic heterocycles. The Bertz CT molecular complexity index is 3390. The summed E-state index contributed by atoms with van der Waals surface area (Å²) in [4.78, 5) is 129. The van der Waals surface area contributed by atoms with Crippen LogP contribution < -0.4 is 47.9 Å². The molecule has 6 rings (SSSR count). The molecule has 126 heavy (non-hydrogen) atoms. The first-order chi connectivity index (χ1) is 60.3. The van der Waals surface area contributed by atoms with Crippen molar-refractivity contribution in [2.45, 2.75) is 337 Å². The number of aryl methyl sites for hydroxylation is 1. The highest BCUT2D eigenvalue weighted by Gasteiger charge is 2.49. The summed E-state index contributed by atoms with van der Waals surface area (Å²) in [5, 5.41) is 136. The van der Waals surface area contributed by atoms with E-state index in [0.29, 0.717) is 83.6 Å². The molecule has 1 aromatic rings. The minimum Gasteiger partial charge on any atom is -0.396 e. The van der Waals surface area contributed by atoms with E-state index in [9.17, 15) is 99.0 Å². The van der Waals surface area contributed by atoms with E-state index >= 15 is 0 Å². The van der Waals surface area contributed by atoms with Gasteiger partial charge in [0.1, 0.15) is 79.2 Å². The number of rotatable bonds is 60. The maximum Gasteiger partial charge on any atom is 0.222 e. The number of amides is 10. The number of carbonyl (C=O) groups is 10. The lowest BCUT2D eigenvalue weighted by molar-refractivity contribution is -0.270. The van der Waals surface area contributed by atoms with E-state index in [1.165, 1.54) is 20.8 Å². The molecule has 42 heteroatoms. The molecule has 5 fully saturated rings. The number of nitrogens with zero attached hydrogens (tertiary/aromatic N) is 4. The van der Waals surface area contributed by atoms with Gasteiger partial charge in [0.2, 0.25) is 59.1 Å². The minimum atomic E-state index is -1.47. The van der Waals surface area contributed by atoms with Gasteiger partial charge in [0.25, 0.3) is 0 Å². The molecule has 4 aliphatic heterocycles. The average molecular weight is 1800 g/mol. The Balaban J connectivity index is 1.02. The highest BCUT2D eigenvalue weighted by molar-refractivity contribution is 5.79. The summed E-state index contributed by atoms with van der Waals surface area (Å²) in [6.07, 6.45) is -4.06. The van der Waals surface area contributed by atoms with Crippen molar-refractivity contribution in [3.8, 4) is 0 Å². The number of ether oxygens (including phenoxy) is 9. The van der Waals surface area contributed by atoms with Crippen LogP contribution in [0.25, 0.3) is 0 Å². The number of hydrogen-bond acceptors (Lipinski definition) is 31. The van der Waals surface area contributed by atoms with Crippen molar-refractivity contribution in [3.63, 3.8) is 0 Å². The van der Waals surface area contributed by atoms with Gasteiger partial charge >= 0.3 is 0 Å². The fourth-order valence-electron chi connectivity index (χ4n) is 15.9. The number of unbranched alkanes of at least 4 members (excludes halogenated alkanes) is 8. The van der Waals surface area contributed by atoms with Crippen molar-refractivity contribution >= 4 is 59.1 Å². The first kappa shape index (κ1) is 108. The number of nitrogens with one attached hydrogen (secondary N) is 9. The van der Waals surface area contributed by atoms with Crippen molar-refractivity contribution in [2.75, 3.05) is 112 Å². The van der Waals surface area contributed by atoms with Gasteiger partial charge in [-0.15, -0.1) is 5.10 Å². The second-order valence-corrected chi connectivity index (χ2v) is 34.5. The SMILES string of the molecule is CC(=O)N[C@@H]1[C@@H](O)[C@@H](O)[C@@H](CO)C[C@H]1OCCCCC(=O)NCCCNC(=O)CCO[C@H]1CO[C@H](Cn2cc(CCCCCCCCC(=O)N3C[C@H](O)C[C@H]3CC(C)(C)C)nn2)[C@@H](OCCC(=O)NCCCNC(=O)CCCCO[C@@H]2O[C@H](CO)[C@H](O)[C@H](O)[C@H]2NC(C)=O)[C@@H]1OCCC(=O)NCCCNC(=O)CCCCO[C@@H]1O[C@H](CO)[C@H](O)[C@H](O)[C@H]1NC(C)=O. The summed E-state index contributed by atoms with van der Waals surface area (Å²) >= 11 is 0. The molecule has 42 nitrogen and oxygen atoms in total. The van der Waals surface area contributed by atoms with Crippen LogP contribution in [0.2, 0.25) is 0 Å². The number of aliphatic hydroxyl groups is 10. The van der Waals surface area contributed by atoms with Gasteiger partial charge in [-0.1, -0.05) is 51.7 Å². The maximum atomic E-state index is 13.5. The predicted molar refractivity (Wildman–Crippen MR) is 450 cm³/mol. The summed E-state index contributed by atoms with van der Waals surface area (Å²) in [7, 11) is 0. The van der Waals surface area contributed by atoms with Gasteiger partial charge in [-0.2, -0.15) is 0 Å². The molecule has 10 amide bonds. The monoisotopic (exact) mass is 1800 g/mol. The van der Waals surface area contributed by atoms with Crippen molar-refractivity contribution in [2.24, 2.45) is 11.3 Å². The van der Waals surface area contributed by atoms with Crippen molar-refractivity contribution in [1.29, 1.82) is 0 Å². The number of β-amino-alcohol motifs (C(OH)–C–C–N with tert-alkyl or cyclic N) is 1. The van der Waals surface area contributed by atoms with Gasteiger partial charge in [-0.25, -0.2) is 4.68 Å². The molecule has 21 atom stereocenters. The molecular formula is C84H147N13O29. The zero-order valence-electron chi connectivity index (χ0n) is 74.3. The van der Waals surface area contributed by atoms with E-state index in [2.05, 4.69) is 78.9 Å². The Labute approximate surface area is 737 Å². The molecule has 19 N–H and O–H groups in total. The standard InChI is InChI=1S/C84H147N13O29/c1-52(101)91-71-59(42-55(48-98)74(112)77(71)115)118-36-16-13-23-64(105)85-30-19-33-88-67(108)27-39-119-63-51-124-60(47-96-45-56(94-95-96)22-11-9-7-8-10-12-26-70(111)97-46-58(104)43-57(97)44-84(4,5)6)80(120-40-28-68(109)89-34-20-31-86-65(106)24-14-17-37-122-82-72(92-53(2)102)78(116)75(113)61(49-99)125-82)81(63)121-41-29-69(110)90-35-21-32-87-66(107)25-15-18-38-123-83-73(93-54(3)103)79(117)76(114)62(50-100)126-83/h45,55,57-63,71-83,98-100,104,112-117H,7-44,46-51H2,1-6H3,(H,85,105)(H,86,106)(H,87,107)(H,88,108)(H,89,109)(H,90,110)(H,91,101)(H,92,102)(H,93,103)/t55-,57+,58-,59-,60-,61-,62-,63+,71+,72-,73-,74+,75+,76+,77-,78-,79-,80-,81-,82-,83-/m1/s1. The fraction of sp³-hybridized carbons (Fsp3) is 0.857. The molecule has 5 aliphatic rings. The van der Waals surface area contributed by atoms with E-state index in [0.717, 1.165) is 50.6 Å². The molecule has 0 spiro atoms. The largest absolute Gasteiger partial charge is 0.396 e. The second kappa shape index (κ2) is 58.7. The molecule has 722 valence electrons. The fourth-order valence-corrected chi connectivity index (χ4v) is 15.9. The van der Waals surface area contributed by atoms with Crippen LogP contribution in [0.15, 0.2) is 6.20 Å². The zero-order valence-corrected chi connectivity index (χ0v) is 74.3. The summed E-state index contributed by atoms with van der Waals surface area (Å²) in [6.45, 7) is 10.4. The van der Waals surface area contributed by atoms with Gasteiger partial charge in [-0.05, 0) is 102 Å². The molecule has 0 radical (unpaired) electrons. The van der Waals surface area contributed by atoms with Crippen molar-refractivity contribution in [1.82, 2.24) is 67.7 Å². The summed E-state index contributed by atoms with van der Waals surface area (Å²) in [6, 6.07) is -3.03. The smallest absolute Gasteiger partial charge is 0.222 e. The van der Waals surface area contributed by atoms with E-state index in [-0.39, 0.29) is 196 Å². The topological polar surface area (TPSA) is 598 Å². The van der Waals surface area contributed by atoms with Crippen LogP contribution in [0.5, 0.6) is 0 Å². The third kappa shape index (κ3) is 39.8. The van der Waals surface area contributed by atoms with Gasteiger partial charge in [0.15, 0.2) is 12.6 Å². The van der Waals surface area contributed by atoms with Crippen LogP contribution in [0.3, 0.4) is 0 Å². The third-order valence-electron chi connectivity index (χ3n) is 22.6. The van der Waals surface area contributed by atoms with Crippen LogP contribution >= 0.6 is 0 Å². The number of aliphatic hydroxyl groups excluding tert-OH is 10. The predicted octanol–water partition coefficient (Wildman–Crippen LogP) is -3.40. The third-order valence-corrected chi connectivity index (χ3v) is 22.6. The van der Waals surface area contributed by atoms with Gasteiger partial charge in [0.05, 0.1) is 76.2 Å². The van der Waals surface area contributed by atoms with Gasteiger partial charge < -0.3 is 146 Å². The molecule has 5 heterocycles. The molecule has 4 saturated heterocycles. The maximum absolute atomic E-state index is 13.5. The second-order valence-electron chi connectivity index (χ2n) is 34.5. The van der Waals surface area contributed by atoms with E-state index in [1.807, 2.05) is 11.1 Å². The number of aromatic nitrogens is 3. The number of carbonyl (C=O) groups excluding carboxylic acids is 10. The summed E-state index contributed by atoms with van der Waals surface area (Å²) in [5.74, 6) is -3.74. The van der Waals surface area contributed by atoms with E-state index in [4.69, 9.17) is 42.6 Å². The number of likely N-dealkylation sites (tertiary alicyclic amines) is 1. The van der Waals surface area contributed by atoms with Crippen LogP contribution in [0, 0.1) is 11.3 Å². The van der Waals surface area contributed by atoms with Gasteiger partial charge in [0, 0.05) is 156 Å². The van der Waals surface area contributed by atoms with Gasteiger partial charge in [-0.3, -0.25) is 47.9 Å². The molecule has 0 unspecified atom stereocenters. The summed E-state index contributed by atoms with van der Waals surface area (Å²) < 4.78 is 56.4. The lowest BCUT2D eigenvalue weighted by Crippen LogP contribution is -2.64. The lowest BCUT2D eigenvalue weighted by Gasteiger charge is -2.42. The summed E-state index contributed by atoms with van der Waals surface area (Å²) in [5.41, 5.74) is 0.779. The Morgan fingerprint density at radius 3 is 1.31 bits per heavy atom. The van der Waals surface area contributed by atoms with Crippen LogP contribution in [-0.4, -0.2) is 364 Å². The molecule has 1 saturated carbocycles. The Morgan fingerprint density at radius 1 is 0.437 bits per heavy atom. The highest BCUT2D eigenvalue weighted by atomic mass is 16.7. The van der Waals surface area contributed by atoms with Crippen LogP contribution in [0.1, 0.15) is 208 Å². The molecular weight excluding hydrogens is 1650 g/mol. The first-order valence-corrected chi connectivity index (χ1v) is 45.1. The van der Waals surface area contributed by atoms with Crippen molar-refractivity contribution < 1.29 is 142 Å². The molecule has 1 aliphatic carbocycles. The molecule has 0 bridgehead atoms. The Morgan fingerprint density at radius 2 is 0.849 bits per heavy atom. The first-order valence-electron chi connectivity index (χ1n) is 45.1. The average Bonchev–Trinajstić information content (AvgIpc) is 1.42. The van der Waals surface area contributed by atoms with Crippen LogP contribution in [-0.2, 0) is 104 Å². The van der Waals surface area contributed by atoms with Crippen LogP contribution in [0.4, 0.5) is 0 Å². The van der Waals surface area contributed by atoms with E-state index in [1.54, 1.807) is 4.68 Å². The zero-order chi connectivity index (χ0) is 92.1.